The monoisotopic (exact) mass is 270 g/mol. The third-order valence-electron chi connectivity index (χ3n) is 2.81. The number of hydrogen-bond acceptors (Lipinski definition) is 3. The van der Waals surface area contributed by atoms with Crippen LogP contribution < -0.4 is 10.6 Å². The van der Waals surface area contributed by atoms with E-state index in [1.54, 1.807) is 17.1 Å². The van der Waals surface area contributed by atoms with E-state index in [0.717, 1.165) is 16.9 Å². The summed E-state index contributed by atoms with van der Waals surface area (Å²) in [5, 5.41) is 10.2. The molecule has 2 aromatic rings. The number of benzene rings is 1. The van der Waals surface area contributed by atoms with E-state index in [1.807, 2.05) is 37.4 Å². The van der Waals surface area contributed by atoms with Crippen molar-refractivity contribution in [2.75, 3.05) is 10.6 Å². The lowest BCUT2D eigenvalue weighted by molar-refractivity contribution is -0.115. The molecule has 0 radical (unpaired) electrons. The fourth-order valence-electron chi connectivity index (χ4n) is 1.73. The van der Waals surface area contributed by atoms with Crippen molar-refractivity contribution in [3.63, 3.8) is 0 Å². The van der Waals surface area contributed by atoms with E-state index >= 15 is 0 Å². The molecule has 0 spiro atoms. The average Bonchev–Trinajstić information content (AvgIpc) is 2.93. The van der Waals surface area contributed by atoms with Crippen LogP contribution in [0.15, 0.2) is 43.2 Å². The lowest BCUT2D eigenvalue weighted by Crippen LogP contribution is -2.09. The highest BCUT2D eigenvalue weighted by Crippen LogP contribution is 2.16. The summed E-state index contributed by atoms with van der Waals surface area (Å²) >= 11 is 0. The molecule has 1 aromatic carbocycles. The van der Waals surface area contributed by atoms with E-state index in [0.29, 0.717) is 13.0 Å². The van der Waals surface area contributed by atoms with Gasteiger partial charge in [-0.15, -0.1) is 0 Å². The summed E-state index contributed by atoms with van der Waals surface area (Å²) in [6, 6.07) is 7.64. The minimum Gasteiger partial charge on any atom is -0.381 e. The fourth-order valence-corrected chi connectivity index (χ4v) is 1.73. The van der Waals surface area contributed by atoms with Gasteiger partial charge in [0.2, 0.25) is 5.91 Å². The zero-order valence-corrected chi connectivity index (χ0v) is 11.5. The highest BCUT2D eigenvalue weighted by Gasteiger charge is 2.01. The number of hydrogen-bond donors (Lipinski definition) is 2. The molecule has 2 N–H and O–H groups in total. The summed E-state index contributed by atoms with van der Waals surface area (Å²) in [6.45, 7) is 6.14. The number of carbonyl (C=O) groups excluding carboxylic acids is 1. The van der Waals surface area contributed by atoms with Crippen molar-refractivity contribution < 1.29 is 4.79 Å². The first-order chi connectivity index (χ1) is 9.71. The molecule has 0 unspecified atom stereocenters. The van der Waals surface area contributed by atoms with Crippen molar-refractivity contribution in [2.45, 2.75) is 19.9 Å². The maximum absolute atomic E-state index is 11.4. The van der Waals surface area contributed by atoms with Gasteiger partial charge < -0.3 is 10.6 Å². The first-order valence-corrected chi connectivity index (χ1v) is 6.50. The topological polar surface area (TPSA) is 59.0 Å². The van der Waals surface area contributed by atoms with E-state index in [1.165, 1.54) is 0 Å². The number of aromatic nitrogens is 2. The van der Waals surface area contributed by atoms with Crippen LogP contribution in [0.25, 0.3) is 6.20 Å². The number of anilines is 2. The first kappa shape index (κ1) is 13.9. The summed E-state index contributed by atoms with van der Waals surface area (Å²) in [5.74, 6) is 0.00871. The largest absolute Gasteiger partial charge is 0.381 e. The minimum absolute atomic E-state index is 0.00871. The second kappa shape index (κ2) is 6.56. The molecule has 104 valence electrons. The van der Waals surface area contributed by atoms with Crippen molar-refractivity contribution >= 4 is 23.5 Å². The molecule has 0 saturated carbocycles. The van der Waals surface area contributed by atoms with Gasteiger partial charge in [-0.2, -0.15) is 5.10 Å². The number of carbonyl (C=O) groups is 1. The quantitative estimate of drug-likeness (QED) is 0.848. The zero-order chi connectivity index (χ0) is 14.4. The molecule has 5 nitrogen and oxygen atoms in total. The third kappa shape index (κ3) is 3.71. The smallest absolute Gasteiger partial charge is 0.224 e. The molecule has 0 atom stereocenters. The second-order valence-electron chi connectivity index (χ2n) is 4.35. The Labute approximate surface area is 118 Å². The number of nitrogens with one attached hydrogen (secondary N) is 2. The summed E-state index contributed by atoms with van der Waals surface area (Å²) in [6.07, 6.45) is 5.81. The molecule has 0 aliphatic carbocycles. The second-order valence-corrected chi connectivity index (χ2v) is 4.35. The number of amides is 1. The van der Waals surface area contributed by atoms with Crippen LogP contribution >= 0.6 is 0 Å². The van der Waals surface area contributed by atoms with E-state index in [9.17, 15) is 4.79 Å². The van der Waals surface area contributed by atoms with Crippen molar-refractivity contribution in [3.8, 4) is 0 Å². The minimum atomic E-state index is 0.00871. The third-order valence-corrected chi connectivity index (χ3v) is 2.81. The van der Waals surface area contributed by atoms with Crippen LogP contribution in [0.2, 0.25) is 0 Å². The molecule has 0 bridgehead atoms. The Morgan fingerprint density at radius 1 is 1.45 bits per heavy atom. The Morgan fingerprint density at radius 3 is 2.95 bits per heavy atom. The predicted octanol–water partition coefficient (Wildman–Crippen LogP) is 2.94. The van der Waals surface area contributed by atoms with Crippen LogP contribution in [-0.2, 0) is 11.3 Å². The van der Waals surface area contributed by atoms with Gasteiger partial charge in [0, 0.05) is 42.3 Å². The Morgan fingerprint density at radius 2 is 2.25 bits per heavy atom. The van der Waals surface area contributed by atoms with Gasteiger partial charge in [-0.3, -0.25) is 4.79 Å². The van der Waals surface area contributed by atoms with Gasteiger partial charge in [-0.1, -0.05) is 19.6 Å². The first-order valence-electron chi connectivity index (χ1n) is 6.50. The number of nitrogens with zero attached hydrogens (tertiary/aromatic N) is 2. The molecule has 0 saturated heterocycles. The van der Waals surface area contributed by atoms with Crippen molar-refractivity contribution in [1.29, 1.82) is 0 Å². The average molecular weight is 270 g/mol. The molecule has 1 heterocycles. The van der Waals surface area contributed by atoms with E-state index < -0.39 is 0 Å². The highest BCUT2D eigenvalue weighted by molar-refractivity contribution is 5.90. The van der Waals surface area contributed by atoms with Crippen molar-refractivity contribution in [3.05, 3.63) is 48.8 Å². The lowest BCUT2D eigenvalue weighted by Gasteiger charge is -2.08. The predicted molar refractivity (Wildman–Crippen MR) is 81.3 cm³/mol. The number of rotatable bonds is 6. The lowest BCUT2D eigenvalue weighted by atomic mass is 10.2. The molecular weight excluding hydrogens is 252 g/mol. The molecule has 0 aliphatic heterocycles. The zero-order valence-electron chi connectivity index (χ0n) is 11.5. The van der Waals surface area contributed by atoms with Crippen LogP contribution in [0, 0.1) is 0 Å². The van der Waals surface area contributed by atoms with Crippen LogP contribution in [0.1, 0.15) is 18.9 Å². The van der Waals surface area contributed by atoms with Crippen LogP contribution in [0.3, 0.4) is 0 Å². The summed E-state index contributed by atoms with van der Waals surface area (Å²) < 4.78 is 1.66. The molecule has 1 aromatic heterocycles. The van der Waals surface area contributed by atoms with E-state index in [4.69, 9.17) is 0 Å². The van der Waals surface area contributed by atoms with Gasteiger partial charge >= 0.3 is 0 Å². The Bertz CT molecular complexity index is 603. The molecule has 5 heteroatoms. The van der Waals surface area contributed by atoms with Crippen LogP contribution in [-0.4, -0.2) is 15.7 Å². The highest BCUT2D eigenvalue weighted by atomic mass is 16.1. The van der Waals surface area contributed by atoms with E-state index in [2.05, 4.69) is 22.3 Å². The summed E-state index contributed by atoms with van der Waals surface area (Å²) in [7, 11) is 0. The van der Waals surface area contributed by atoms with Crippen LogP contribution in [0.5, 0.6) is 0 Å². The van der Waals surface area contributed by atoms with Gasteiger partial charge in [0.25, 0.3) is 0 Å². The Balaban J connectivity index is 1.97. The Kier molecular flexibility index (Phi) is 4.55. The van der Waals surface area contributed by atoms with Gasteiger partial charge in [0.05, 0.1) is 6.20 Å². The van der Waals surface area contributed by atoms with Gasteiger partial charge in [-0.05, 0) is 18.2 Å². The normalized spacial score (nSPS) is 10.1. The molecular formula is C15H18N4O. The molecule has 0 fully saturated rings. The maximum atomic E-state index is 11.4. The van der Waals surface area contributed by atoms with Crippen LogP contribution in [0.4, 0.5) is 11.4 Å². The molecule has 0 aliphatic rings. The Hall–Kier alpha value is -2.56. The van der Waals surface area contributed by atoms with Gasteiger partial charge in [-0.25, -0.2) is 4.68 Å². The SMILES string of the molecule is C=Cn1cc(CNc2cccc(NC(=O)CC)c2)cn1. The molecule has 2 rings (SSSR count). The van der Waals surface area contributed by atoms with Crippen molar-refractivity contribution in [1.82, 2.24) is 9.78 Å². The van der Waals surface area contributed by atoms with E-state index in [-0.39, 0.29) is 5.91 Å². The standard InChI is InChI=1S/C15H18N4O/c1-3-15(20)18-14-7-5-6-13(8-14)16-9-12-10-17-19(4-2)11-12/h4-8,10-11,16H,2-3,9H2,1H3,(H,18,20). The van der Waals surface area contributed by atoms with Gasteiger partial charge in [0.15, 0.2) is 0 Å². The summed E-state index contributed by atoms with van der Waals surface area (Å²) in [5.41, 5.74) is 2.81. The molecule has 20 heavy (non-hydrogen) atoms. The van der Waals surface area contributed by atoms with Crippen molar-refractivity contribution in [2.24, 2.45) is 0 Å². The maximum Gasteiger partial charge on any atom is 0.224 e. The molecule has 1 amide bonds. The van der Waals surface area contributed by atoms with Gasteiger partial charge in [0.1, 0.15) is 0 Å². The summed E-state index contributed by atoms with van der Waals surface area (Å²) in [4.78, 5) is 11.4. The fraction of sp³-hybridized carbons (Fsp3) is 0.200.